The number of aliphatic hydroxyl groups excluding tert-OH is 1. The fraction of sp³-hybridized carbons (Fsp3) is 0.500. The Bertz CT molecular complexity index is 273. The average molecular weight is 193 g/mol. The fourth-order valence-electron chi connectivity index (χ4n) is 1.26. The molecule has 2 N–H and O–H groups in total. The standard InChI is InChI=1S/C12H19NO/c1-3-11-5-4-6-12(7-11)13-8-10(2)9-14/h4-7,10,13-14H,3,8-9H2,1-2H3. The molecule has 0 fully saturated rings. The Hall–Kier alpha value is -1.02. The molecule has 0 aliphatic heterocycles. The van der Waals surface area contributed by atoms with E-state index >= 15 is 0 Å². The van der Waals surface area contributed by atoms with E-state index in [2.05, 4.69) is 36.5 Å². The smallest absolute Gasteiger partial charge is 0.0473 e. The van der Waals surface area contributed by atoms with Gasteiger partial charge in [-0.2, -0.15) is 0 Å². The Morgan fingerprint density at radius 1 is 1.43 bits per heavy atom. The van der Waals surface area contributed by atoms with Gasteiger partial charge in [-0.1, -0.05) is 26.0 Å². The summed E-state index contributed by atoms with van der Waals surface area (Å²) in [6.07, 6.45) is 1.06. The van der Waals surface area contributed by atoms with Crippen LogP contribution >= 0.6 is 0 Å². The van der Waals surface area contributed by atoms with Crippen LogP contribution in [0, 0.1) is 5.92 Å². The normalized spacial score (nSPS) is 12.5. The zero-order chi connectivity index (χ0) is 10.4. The van der Waals surface area contributed by atoms with Gasteiger partial charge in [0.05, 0.1) is 0 Å². The lowest BCUT2D eigenvalue weighted by Crippen LogP contribution is -2.14. The zero-order valence-corrected chi connectivity index (χ0v) is 8.96. The van der Waals surface area contributed by atoms with E-state index in [1.807, 2.05) is 6.92 Å². The SMILES string of the molecule is CCc1cccc(NCC(C)CO)c1. The number of aryl methyl sites for hydroxylation is 1. The van der Waals surface area contributed by atoms with Crippen LogP contribution in [0.25, 0.3) is 0 Å². The van der Waals surface area contributed by atoms with Gasteiger partial charge in [-0.05, 0) is 30.0 Å². The van der Waals surface area contributed by atoms with Crippen LogP contribution in [0.4, 0.5) is 5.69 Å². The highest BCUT2D eigenvalue weighted by Gasteiger charge is 1.99. The maximum atomic E-state index is 8.87. The van der Waals surface area contributed by atoms with E-state index < -0.39 is 0 Å². The number of hydrogen-bond donors (Lipinski definition) is 2. The van der Waals surface area contributed by atoms with Gasteiger partial charge in [-0.15, -0.1) is 0 Å². The lowest BCUT2D eigenvalue weighted by Gasteiger charge is -2.11. The summed E-state index contributed by atoms with van der Waals surface area (Å²) in [6.45, 7) is 5.23. The van der Waals surface area contributed by atoms with E-state index in [0.29, 0.717) is 5.92 Å². The average Bonchev–Trinajstić information content (AvgIpc) is 2.26. The van der Waals surface area contributed by atoms with Crippen LogP contribution in [0.3, 0.4) is 0 Å². The van der Waals surface area contributed by atoms with E-state index in [9.17, 15) is 0 Å². The third kappa shape index (κ3) is 3.38. The van der Waals surface area contributed by atoms with Gasteiger partial charge in [0.1, 0.15) is 0 Å². The number of aliphatic hydroxyl groups is 1. The predicted octanol–water partition coefficient (Wildman–Crippen LogP) is 2.29. The quantitative estimate of drug-likeness (QED) is 0.752. The van der Waals surface area contributed by atoms with Gasteiger partial charge >= 0.3 is 0 Å². The van der Waals surface area contributed by atoms with Crippen molar-refractivity contribution in [3.63, 3.8) is 0 Å². The Kier molecular flexibility index (Phi) is 4.47. The van der Waals surface area contributed by atoms with Crippen molar-refractivity contribution in [2.24, 2.45) is 5.92 Å². The second-order valence-corrected chi connectivity index (χ2v) is 3.72. The third-order valence-electron chi connectivity index (χ3n) is 2.30. The molecule has 0 heterocycles. The Labute approximate surface area is 86.0 Å². The molecule has 1 unspecified atom stereocenters. The second-order valence-electron chi connectivity index (χ2n) is 3.72. The minimum atomic E-state index is 0.237. The van der Waals surface area contributed by atoms with E-state index in [1.165, 1.54) is 5.56 Å². The van der Waals surface area contributed by atoms with Crippen molar-refractivity contribution in [2.75, 3.05) is 18.5 Å². The molecular weight excluding hydrogens is 174 g/mol. The summed E-state index contributed by atoms with van der Waals surface area (Å²) in [7, 11) is 0. The Morgan fingerprint density at radius 2 is 2.21 bits per heavy atom. The van der Waals surface area contributed by atoms with Crippen LogP contribution in [-0.4, -0.2) is 18.3 Å². The number of benzene rings is 1. The molecule has 1 atom stereocenters. The van der Waals surface area contributed by atoms with Crippen molar-refractivity contribution >= 4 is 5.69 Å². The lowest BCUT2D eigenvalue weighted by molar-refractivity contribution is 0.244. The van der Waals surface area contributed by atoms with Gasteiger partial charge in [0.2, 0.25) is 0 Å². The van der Waals surface area contributed by atoms with Crippen molar-refractivity contribution in [3.05, 3.63) is 29.8 Å². The van der Waals surface area contributed by atoms with Crippen LogP contribution in [0.5, 0.6) is 0 Å². The summed E-state index contributed by atoms with van der Waals surface area (Å²) in [5.74, 6) is 0.306. The van der Waals surface area contributed by atoms with Gasteiger partial charge in [-0.3, -0.25) is 0 Å². The van der Waals surface area contributed by atoms with Crippen molar-refractivity contribution in [3.8, 4) is 0 Å². The maximum absolute atomic E-state index is 8.87. The van der Waals surface area contributed by atoms with Crippen LogP contribution in [0.1, 0.15) is 19.4 Å². The Morgan fingerprint density at radius 3 is 2.86 bits per heavy atom. The molecule has 0 aliphatic carbocycles. The summed E-state index contributed by atoms with van der Waals surface area (Å²) in [6, 6.07) is 8.40. The minimum Gasteiger partial charge on any atom is -0.396 e. The number of anilines is 1. The largest absolute Gasteiger partial charge is 0.396 e. The third-order valence-corrected chi connectivity index (χ3v) is 2.30. The first-order chi connectivity index (χ1) is 6.76. The second kappa shape index (κ2) is 5.66. The van der Waals surface area contributed by atoms with Gasteiger partial charge < -0.3 is 10.4 Å². The predicted molar refractivity (Wildman–Crippen MR) is 60.6 cm³/mol. The van der Waals surface area contributed by atoms with Crippen molar-refractivity contribution in [1.82, 2.24) is 0 Å². The lowest BCUT2D eigenvalue weighted by atomic mass is 10.1. The highest BCUT2D eigenvalue weighted by Crippen LogP contribution is 2.11. The highest BCUT2D eigenvalue weighted by molar-refractivity contribution is 5.45. The van der Waals surface area contributed by atoms with Gasteiger partial charge in [0.25, 0.3) is 0 Å². The molecule has 0 radical (unpaired) electrons. The van der Waals surface area contributed by atoms with Crippen LogP contribution < -0.4 is 5.32 Å². The number of nitrogens with one attached hydrogen (secondary N) is 1. The molecule has 0 bridgehead atoms. The topological polar surface area (TPSA) is 32.3 Å². The van der Waals surface area contributed by atoms with E-state index in [0.717, 1.165) is 18.7 Å². The molecule has 0 amide bonds. The molecule has 0 spiro atoms. The molecule has 0 saturated heterocycles. The maximum Gasteiger partial charge on any atom is 0.0473 e. The van der Waals surface area contributed by atoms with Crippen LogP contribution in [0.2, 0.25) is 0 Å². The van der Waals surface area contributed by atoms with Gasteiger partial charge in [0, 0.05) is 18.8 Å². The Balaban J connectivity index is 2.50. The molecule has 0 saturated carbocycles. The molecule has 2 heteroatoms. The first-order valence-corrected chi connectivity index (χ1v) is 5.20. The van der Waals surface area contributed by atoms with Crippen LogP contribution in [0.15, 0.2) is 24.3 Å². The van der Waals surface area contributed by atoms with E-state index in [-0.39, 0.29) is 6.61 Å². The molecule has 1 aromatic carbocycles. The highest BCUT2D eigenvalue weighted by atomic mass is 16.3. The molecule has 0 aliphatic rings. The fourth-order valence-corrected chi connectivity index (χ4v) is 1.26. The van der Waals surface area contributed by atoms with E-state index in [1.54, 1.807) is 0 Å². The summed E-state index contributed by atoms with van der Waals surface area (Å²) in [5, 5.41) is 12.2. The van der Waals surface area contributed by atoms with Gasteiger partial charge in [0.15, 0.2) is 0 Å². The zero-order valence-electron chi connectivity index (χ0n) is 8.96. The first-order valence-electron chi connectivity index (χ1n) is 5.20. The monoisotopic (exact) mass is 193 g/mol. The summed E-state index contributed by atoms with van der Waals surface area (Å²) in [5.41, 5.74) is 2.48. The summed E-state index contributed by atoms with van der Waals surface area (Å²) in [4.78, 5) is 0. The van der Waals surface area contributed by atoms with Crippen molar-refractivity contribution < 1.29 is 5.11 Å². The summed E-state index contributed by atoms with van der Waals surface area (Å²) < 4.78 is 0. The number of hydrogen-bond acceptors (Lipinski definition) is 2. The van der Waals surface area contributed by atoms with Crippen molar-refractivity contribution in [1.29, 1.82) is 0 Å². The molecule has 14 heavy (non-hydrogen) atoms. The molecule has 2 nitrogen and oxygen atoms in total. The van der Waals surface area contributed by atoms with E-state index in [4.69, 9.17) is 5.11 Å². The number of rotatable bonds is 5. The first kappa shape index (κ1) is 11.1. The molecule has 78 valence electrons. The van der Waals surface area contributed by atoms with Crippen molar-refractivity contribution in [2.45, 2.75) is 20.3 Å². The molecular formula is C12H19NO. The minimum absolute atomic E-state index is 0.237. The van der Waals surface area contributed by atoms with Crippen LogP contribution in [-0.2, 0) is 6.42 Å². The van der Waals surface area contributed by atoms with Gasteiger partial charge in [-0.25, -0.2) is 0 Å². The molecule has 1 rings (SSSR count). The summed E-state index contributed by atoms with van der Waals surface area (Å²) >= 11 is 0. The molecule has 0 aromatic heterocycles. The molecule has 1 aromatic rings.